The second kappa shape index (κ2) is 16.0. The van der Waals surface area contributed by atoms with E-state index in [9.17, 15) is 14.7 Å². The molecule has 0 unspecified atom stereocenters. The number of pyridine rings is 1. The van der Waals surface area contributed by atoms with E-state index in [4.69, 9.17) is 4.98 Å². The fourth-order valence-electron chi connectivity index (χ4n) is 5.76. The number of carbonyl (C=O) groups excluding carboxylic acids is 1. The maximum Gasteiger partial charge on any atom is 0.309 e. The number of piperidine rings is 1. The van der Waals surface area contributed by atoms with E-state index in [0.29, 0.717) is 25.8 Å². The molecule has 1 aliphatic heterocycles. The first-order chi connectivity index (χ1) is 20.9. The van der Waals surface area contributed by atoms with Crippen LogP contribution in [0.5, 0.6) is 0 Å². The molecule has 7 heteroatoms. The van der Waals surface area contributed by atoms with E-state index < -0.39 is 11.4 Å². The lowest BCUT2D eigenvalue weighted by Crippen LogP contribution is -2.45. The maximum absolute atomic E-state index is 12.8. The summed E-state index contributed by atoms with van der Waals surface area (Å²) in [5.74, 6) is -0.702. The zero-order valence-corrected chi connectivity index (χ0v) is 25.6. The molecule has 1 aliphatic rings. The van der Waals surface area contributed by atoms with Gasteiger partial charge < -0.3 is 20.6 Å². The van der Waals surface area contributed by atoms with Gasteiger partial charge in [0.2, 0.25) is 5.91 Å². The van der Waals surface area contributed by atoms with Gasteiger partial charge in [0.15, 0.2) is 0 Å². The van der Waals surface area contributed by atoms with Crippen LogP contribution in [0.4, 0.5) is 5.69 Å². The normalized spacial score (nSPS) is 14.6. The molecule has 1 aromatic heterocycles. The second-order valence-corrected chi connectivity index (χ2v) is 11.6. The monoisotopic (exact) mass is 582 g/mol. The van der Waals surface area contributed by atoms with E-state index in [0.717, 1.165) is 61.5 Å². The minimum Gasteiger partial charge on any atom is -0.481 e. The highest BCUT2D eigenvalue weighted by Crippen LogP contribution is 2.31. The number of aromatic nitrogens is 1. The van der Waals surface area contributed by atoms with Gasteiger partial charge in [0.1, 0.15) is 0 Å². The molecular weight excluding hydrogens is 536 g/mol. The number of benzene rings is 2. The second-order valence-electron chi connectivity index (χ2n) is 11.6. The molecule has 2 aromatic carbocycles. The number of nitrogens with zero attached hydrogens (tertiary/aromatic N) is 2. The number of aliphatic carboxylic acids is 1. The minimum atomic E-state index is -0.723. The standard InChI is InChI=1S/C36H46N4O3/c1-3-36(4-2,35(42)43)21-22-37-32-14-8-12-29(26-32)16-17-30-13-9-15-33(38-30)27-34(41)39-31-19-24-40(25-20-31)23-18-28-10-6-5-7-11-28/h5-17,26,31,37H,3-4,18-25,27H2,1-2H3,(H,39,41)(H,42,43). The lowest BCUT2D eigenvalue weighted by molar-refractivity contribution is -0.149. The minimum absolute atomic E-state index is 0.0215. The Hall–Kier alpha value is -3.97. The third-order valence-corrected chi connectivity index (χ3v) is 8.76. The predicted molar refractivity (Wildman–Crippen MR) is 175 cm³/mol. The highest BCUT2D eigenvalue weighted by Gasteiger charge is 2.34. The summed E-state index contributed by atoms with van der Waals surface area (Å²) in [5.41, 5.74) is 4.21. The van der Waals surface area contributed by atoms with Crippen molar-refractivity contribution in [3.05, 3.63) is 95.3 Å². The predicted octanol–water partition coefficient (Wildman–Crippen LogP) is 6.31. The van der Waals surface area contributed by atoms with Crippen LogP contribution in [0.15, 0.2) is 72.8 Å². The summed E-state index contributed by atoms with van der Waals surface area (Å²) in [6.45, 7) is 7.55. The van der Waals surface area contributed by atoms with E-state index in [1.54, 1.807) is 0 Å². The molecule has 0 bridgehead atoms. The number of likely N-dealkylation sites (tertiary alicyclic amines) is 1. The molecule has 0 atom stereocenters. The molecule has 3 N–H and O–H groups in total. The van der Waals surface area contributed by atoms with Crippen molar-refractivity contribution in [3.8, 4) is 0 Å². The number of hydrogen-bond donors (Lipinski definition) is 3. The van der Waals surface area contributed by atoms with Gasteiger partial charge in [-0.1, -0.05) is 68.5 Å². The summed E-state index contributed by atoms with van der Waals surface area (Å²) in [7, 11) is 0. The van der Waals surface area contributed by atoms with Crippen LogP contribution < -0.4 is 10.6 Å². The topological polar surface area (TPSA) is 94.6 Å². The van der Waals surface area contributed by atoms with Crippen LogP contribution in [0.2, 0.25) is 0 Å². The molecule has 0 spiro atoms. The van der Waals surface area contributed by atoms with Crippen LogP contribution in [0.1, 0.15) is 68.5 Å². The average molecular weight is 583 g/mol. The van der Waals surface area contributed by atoms with E-state index in [1.807, 2.05) is 68.5 Å². The molecule has 0 radical (unpaired) electrons. The number of nitrogens with one attached hydrogen (secondary N) is 2. The smallest absolute Gasteiger partial charge is 0.309 e. The highest BCUT2D eigenvalue weighted by molar-refractivity contribution is 5.78. The number of rotatable bonds is 15. The number of hydrogen-bond acceptors (Lipinski definition) is 5. The van der Waals surface area contributed by atoms with E-state index in [1.165, 1.54) is 5.56 Å². The van der Waals surface area contributed by atoms with Crippen molar-refractivity contribution < 1.29 is 14.7 Å². The third kappa shape index (κ3) is 9.79. The average Bonchev–Trinajstić information content (AvgIpc) is 3.03. The summed E-state index contributed by atoms with van der Waals surface area (Å²) >= 11 is 0. The fraction of sp³-hybridized carbons (Fsp3) is 0.417. The van der Waals surface area contributed by atoms with Crippen molar-refractivity contribution in [2.45, 2.75) is 64.8 Å². The van der Waals surface area contributed by atoms with E-state index >= 15 is 0 Å². The zero-order chi connectivity index (χ0) is 30.5. The van der Waals surface area contributed by atoms with Crippen LogP contribution in [0.25, 0.3) is 12.2 Å². The summed E-state index contributed by atoms with van der Waals surface area (Å²) in [4.78, 5) is 31.8. The Bertz CT molecular complexity index is 1350. The Balaban J connectivity index is 1.22. The highest BCUT2D eigenvalue weighted by atomic mass is 16.4. The molecule has 0 saturated carbocycles. The Morgan fingerprint density at radius 2 is 1.72 bits per heavy atom. The molecule has 1 fully saturated rings. The summed E-state index contributed by atoms with van der Waals surface area (Å²) in [6, 6.07) is 24.6. The summed E-state index contributed by atoms with van der Waals surface area (Å²) in [5, 5.41) is 16.3. The van der Waals surface area contributed by atoms with Gasteiger partial charge in [-0.15, -0.1) is 0 Å². The number of amides is 1. The van der Waals surface area contributed by atoms with E-state index in [2.05, 4.69) is 45.9 Å². The molecule has 1 amide bonds. The number of carboxylic acids is 1. The molecule has 7 nitrogen and oxygen atoms in total. The number of carbonyl (C=O) groups is 2. The largest absolute Gasteiger partial charge is 0.481 e. The first-order valence-electron chi connectivity index (χ1n) is 15.7. The van der Waals surface area contributed by atoms with Crippen LogP contribution in [-0.4, -0.2) is 59.1 Å². The first kappa shape index (κ1) is 32.0. The van der Waals surface area contributed by atoms with Crippen molar-refractivity contribution in [1.82, 2.24) is 15.2 Å². The van der Waals surface area contributed by atoms with Gasteiger partial charge >= 0.3 is 5.97 Å². The molecule has 3 aromatic rings. The van der Waals surface area contributed by atoms with Crippen molar-refractivity contribution >= 4 is 29.7 Å². The fourth-order valence-corrected chi connectivity index (χ4v) is 5.76. The van der Waals surface area contributed by atoms with E-state index in [-0.39, 0.29) is 18.4 Å². The Morgan fingerprint density at radius 3 is 2.44 bits per heavy atom. The summed E-state index contributed by atoms with van der Waals surface area (Å²) in [6.07, 6.45) is 9.04. The molecule has 1 saturated heterocycles. The van der Waals surface area contributed by atoms with Crippen molar-refractivity contribution in [2.24, 2.45) is 5.41 Å². The molecule has 228 valence electrons. The molecule has 0 aliphatic carbocycles. The van der Waals surface area contributed by atoms with Gasteiger partial charge in [0, 0.05) is 37.9 Å². The van der Waals surface area contributed by atoms with Gasteiger partial charge in [-0.25, -0.2) is 0 Å². The van der Waals surface area contributed by atoms with Crippen LogP contribution in [0.3, 0.4) is 0 Å². The molecular formula is C36H46N4O3. The van der Waals surface area contributed by atoms with Gasteiger partial charge in [0.05, 0.1) is 23.2 Å². The number of anilines is 1. The van der Waals surface area contributed by atoms with Crippen LogP contribution >= 0.6 is 0 Å². The Morgan fingerprint density at radius 1 is 0.977 bits per heavy atom. The third-order valence-electron chi connectivity index (χ3n) is 8.76. The van der Waals surface area contributed by atoms with Crippen molar-refractivity contribution in [1.29, 1.82) is 0 Å². The number of carboxylic acid groups (broad SMARTS) is 1. The summed E-state index contributed by atoms with van der Waals surface area (Å²) < 4.78 is 0. The lowest BCUT2D eigenvalue weighted by Gasteiger charge is -2.32. The van der Waals surface area contributed by atoms with Gasteiger partial charge in [-0.2, -0.15) is 0 Å². The first-order valence-corrected chi connectivity index (χ1v) is 15.7. The molecule has 4 rings (SSSR count). The lowest BCUT2D eigenvalue weighted by atomic mass is 9.79. The van der Waals surface area contributed by atoms with Crippen LogP contribution in [0, 0.1) is 5.41 Å². The van der Waals surface area contributed by atoms with Gasteiger partial charge in [-0.05, 0) is 80.0 Å². The van der Waals surface area contributed by atoms with Crippen LogP contribution in [-0.2, 0) is 22.4 Å². The zero-order valence-electron chi connectivity index (χ0n) is 25.6. The van der Waals surface area contributed by atoms with Crippen molar-refractivity contribution in [3.63, 3.8) is 0 Å². The maximum atomic E-state index is 12.8. The Kier molecular flexibility index (Phi) is 11.9. The van der Waals surface area contributed by atoms with Gasteiger partial charge in [-0.3, -0.25) is 14.6 Å². The quantitative estimate of drug-likeness (QED) is 0.194. The SMILES string of the molecule is CCC(CC)(CCNc1cccc(C=Cc2cccc(CC(=O)NC3CCN(CCc4ccccc4)CC3)n2)c1)C(=O)O. The molecule has 2 heterocycles. The molecule has 43 heavy (non-hydrogen) atoms. The van der Waals surface area contributed by atoms with Gasteiger partial charge in [0.25, 0.3) is 0 Å². The Labute approximate surface area is 256 Å². The van der Waals surface area contributed by atoms with Crippen molar-refractivity contribution in [2.75, 3.05) is 31.5 Å².